The standard InChI is InChI=1S/C14H23N.C11H14/c1-4-11-15(12-5-2)14-9-7-13(6-3)8-10-14;1-8-6-10-4-3-5-11(10)7-9(8)2/h7-10H,4-6,11-12H2,1-3H3;6-7H,3-5H2,1-2H3. The molecule has 1 aliphatic carbocycles. The average Bonchev–Trinajstić information content (AvgIpc) is 3.09. The molecule has 0 unspecified atom stereocenters. The van der Waals surface area contributed by atoms with Crippen LogP contribution in [0.1, 0.15) is 67.9 Å². The van der Waals surface area contributed by atoms with Gasteiger partial charge in [-0.1, -0.05) is 45.0 Å². The first-order valence-corrected chi connectivity index (χ1v) is 10.5. The third kappa shape index (κ3) is 5.62. The van der Waals surface area contributed by atoms with Crippen molar-refractivity contribution < 1.29 is 0 Å². The van der Waals surface area contributed by atoms with Crippen LogP contribution in [0.3, 0.4) is 0 Å². The van der Waals surface area contributed by atoms with Gasteiger partial charge >= 0.3 is 0 Å². The summed E-state index contributed by atoms with van der Waals surface area (Å²) >= 11 is 0. The molecule has 0 aliphatic heterocycles. The Kier molecular flexibility index (Phi) is 8.22. The van der Waals surface area contributed by atoms with Crippen molar-refractivity contribution >= 4 is 5.69 Å². The van der Waals surface area contributed by atoms with Crippen molar-refractivity contribution in [3.8, 4) is 0 Å². The van der Waals surface area contributed by atoms with Gasteiger partial charge in [0, 0.05) is 18.8 Å². The lowest BCUT2D eigenvalue weighted by Gasteiger charge is -2.23. The maximum Gasteiger partial charge on any atom is 0.0366 e. The Morgan fingerprint density at radius 1 is 0.769 bits per heavy atom. The van der Waals surface area contributed by atoms with Crippen LogP contribution in [0.15, 0.2) is 36.4 Å². The lowest BCUT2D eigenvalue weighted by molar-refractivity contribution is 0.745. The molecule has 0 radical (unpaired) electrons. The van der Waals surface area contributed by atoms with Crippen molar-refractivity contribution in [2.45, 2.75) is 73.1 Å². The van der Waals surface area contributed by atoms with Crippen LogP contribution >= 0.6 is 0 Å². The zero-order chi connectivity index (χ0) is 18.9. The summed E-state index contributed by atoms with van der Waals surface area (Å²) in [5, 5.41) is 0. The highest BCUT2D eigenvalue weighted by molar-refractivity contribution is 5.47. The van der Waals surface area contributed by atoms with Crippen LogP contribution < -0.4 is 4.90 Å². The molecule has 142 valence electrons. The molecule has 0 spiro atoms. The fourth-order valence-electron chi connectivity index (χ4n) is 3.72. The van der Waals surface area contributed by atoms with Crippen molar-refractivity contribution in [3.05, 3.63) is 64.2 Å². The molecule has 1 nitrogen and oxygen atoms in total. The van der Waals surface area contributed by atoms with Gasteiger partial charge in [-0.25, -0.2) is 0 Å². The SMILES string of the molecule is CCCN(CCC)c1ccc(CC)cc1.Cc1cc2c(cc1C)CCC2. The number of nitrogens with zero attached hydrogens (tertiary/aromatic N) is 1. The quantitative estimate of drug-likeness (QED) is 0.562. The molecular weight excluding hydrogens is 314 g/mol. The van der Waals surface area contributed by atoms with Gasteiger partial charge in [0.1, 0.15) is 0 Å². The molecule has 1 aliphatic rings. The molecule has 0 aromatic heterocycles. The Labute approximate surface area is 161 Å². The Morgan fingerprint density at radius 2 is 1.27 bits per heavy atom. The van der Waals surface area contributed by atoms with E-state index in [9.17, 15) is 0 Å². The van der Waals surface area contributed by atoms with E-state index in [0.29, 0.717) is 0 Å². The predicted molar refractivity (Wildman–Crippen MR) is 117 cm³/mol. The zero-order valence-electron chi connectivity index (χ0n) is 17.6. The number of hydrogen-bond donors (Lipinski definition) is 0. The van der Waals surface area contributed by atoms with Gasteiger partial charge in [0.15, 0.2) is 0 Å². The number of benzene rings is 2. The van der Waals surface area contributed by atoms with E-state index in [1.165, 1.54) is 67.6 Å². The van der Waals surface area contributed by atoms with E-state index in [2.05, 4.69) is 75.9 Å². The minimum absolute atomic E-state index is 1.13. The molecule has 2 aromatic carbocycles. The zero-order valence-corrected chi connectivity index (χ0v) is 17.6. The minimum atomic E-state index is 1.13. The maximum absolute atomic E-state index is 2.47. The second kappa shape index (κ2) is 10.4. The highest BCUT2D eigenvalue weighted by atomic mass is 15.1. The molecule has 0 amide bonds. The number of fused-ring (bicyclic) bond motifs is 1. The van der Waals surface area contributed by atoms with Gasteiger partial charge in [-0.15, -0.1) is 0 Å². The lowest BCUT2D eigenvalue weighted by atomic mass is 10.0. The Balaban J connectivity index is 0.000000195. The van der Waals surface area contributed by atoms with Crippen LogP contribution in [-0.4, -0.2) is 13.1 Å². The van der Waals surface area contributed by atoms with E-state index in [-0.39, 0.29) is 0 Å². The van der Waals surface area contributed by atoms with Crippen LogP contribution in [-0.2, 0) is 19.3 Å². The molecule has 2 aromatic rings. The topological polar surface area (TPSA) is 3.24 Å². The van der Waals surface area contributed by atoms with E-state index in [4.69, 9.17) is 0 Å². The van der Waals surface area contributed by atoms with Crippen molar-refractivity contribution in [3.63, 3.8) is 0 Å². The van der Waals surface area contributed by atoms with Gasteiger partial charge in [0.2, 0.25) is 0 Å². The highest BCUT2D eigenvalue weighted by Gasteiger charge is 2.10. The molecule has 0 saturated heterocycles. The third-order valence-electron chi connectivity index (χ3n) is 5.40. The van der Waals surface area contributed by atoms with Crippen molar-refractivity contribution in [2.24, 2.45) is 0 Å². The first kappa shape index (κ1) is 20.6. The molecule has 0 atom stereocenters. The van der Waals surface area contributed by atoms with E-state index < -0.39 is 0 Å². The van der Waals surface area contributed by atoms with Crippen LogP contribution in [0, 0.1) is 13.8 Å². The number of hydrogen-bond acceptors (Lipinski definition) is 1. The molecule has 0 fully saturated rings. The molecule has 0 N–H and O–H groups in total. The van der Waals surface area contributed by atoms with E-state index in [1.54, 1.807) is 11.1 Å². The Bertz CT molecular complexity index is 634. The molecule has 3 rings (SSSR count). The second-order valence-electron chi connectivity index (χ2n) is 7.57. The van der Waals surface area contributed by atoms with Crippen LogP contribution in [0.25, 0.3) is 0 Å². The summed E-state index contributed by atoms with van der Waals surface area (Å²) in [5.74, 6) is 0. The third-order valence-corrected chi connectivity index (χ3v) is 5.40. The number of aryl methyl sites for hydroxylation is 5. The maximum atomic E-state index is 2.47. The number of anilines is 1. The summed E-state index contributed by atoms with van der Waals surface area (Å²) < 4.78 is 0. The summed E-state index contributed by atoms with van der Waals surface area (Å²) in [4.78, 5) is 2.47. The fourth-order valence-corrected chi connectivity index (χ4v) is 3.72. The predicted octanol–water partition coefficient (Wildman–Crippen LogP) is 6.67. The normalized spacial score (nSPS) is 12.3. The van der Waals surface area contributed by atoms with Gasteiger partial charge in [0.05, 0.1) is 0 Å². The first-order chi connectivity index (χ1) is 12.6. The smallest absolute Gasteiger partial charge is 0.0366 e. The van der Waals surface area contributed by atoms with Gasteiger partial charge in [-0.3, -0.25) is 0 Å². The molecular formula is C25H37N. The van der Waals surface area contributed by atoms with E-state index in [0.717, 1.165) is 6.42 Å². The van der Waals surface area contributed by atoms with Crippen molar-refractivity contribution in [1.29, 1.82) is 0 Å². The van der Waals surface area contributed by atoms with Gasteiger partial charge < -0.3 is 4.90 Å². The van der Waals surface area contributed by atoms with Crippen LogP contribution in [0.5, 0.6) is 0 Å². The Morgan fingerprint density at radius 3 is 1.69 bits per heavy atom. The van der Waals surface area contributed by atoms with E-state index >= 15 is 0 Å². The summed E-state index contributed by atoms with van der Waals surface area (Å²) in [5.41, 5.74) is 8.88. The lowest BCUT2D eigenvalue weighted by Crippen LogP contribution is -2.24. The largest absolute Gasteiger partial charge is 0.372 e. The van der Waals surface area contributed by atoms with Gasteiger partial charge in [-0.05, 0) is 92.3 Å². The molecule has 0 saturated carbocycles. The molecule has 1 heteroatoms. The molecule has 0 bridgehead atoms. The average molecular weight is 352 g/mol. The van der Waals surface area contributed by atoms with Gasteiger partial charge in [0.25, 0.3) is 0 Å². The number of rotatable bonds is 6. The van der Waals surface area contributed by atoms with E-state index in [1.807, 2.05) is 0 Å². The summed E-state index contributed by atoms with van der Waals surface area (Å²) in [6.07, 6.45) is 7.53. The monoisotopic (exact) mass is 351 g/mol. The van der Waals surface area contributed by atoms with Crippen molar-refractivity contribution in [2.75, 3.05) is 18.0 Å². The van der Waals surface area contributed by atoms with Crippen molar-refractivity contribution in [1.82, 2.24) is 0 Å². The second-order valence-corrected chi connectivity index (χ2v) is 7.57. The molecule has 26 heavy (non-hydrogen) atoms. The first-order valence-electron chi connectivity index (χ1n) is 10.5. The minimum Gasteiger partial charge on any atom is -0.372 e. The van der Waals surface area contributed by atoms with Gasteiger partial charge in [-0.2, -0.15) is 0 Å². The summed E-state index contributed by atoms with van der Waals surface area (Å²) in [7, 11) is 0. The van der Waals surface area contributed by atoms with Crippen LogP contribution in [0.2, 0.25) is 0 Å². The molecule has 0 heterocycles. The van der Waals surface area contributed by atoms with Crippen LogP contribution in [0.4, 0.5) is 5.69 Å². The summed E-state index contributed by atoms with van der Waals surface area (Å²) in [6.45, 7) is 13.4. The fraction of sp³-hybridized carbons (Fsp3) is 0.520. The highest BCUT2D eigenvalue weighted by Crippen LogP contribution is 2.24. The summed E-state index contributed by atoms with van der Waals surface area (Å²) in [6, 6.07) is 13.7. The Hall–Kier alpha value is -1.76.